The summed E-state index contributed by atoms with van der Waals surface area (Å²) in [4.78, 5) is 0. The van der Waals surface area contributed by atoms with Crippen molar-refractivity contribution < 1.29 is 13.9 Å². The van der Waals surface area contributed by atoms with Crippen molar-refractivity contribution in [2.24, 2.45) is 0 Å². The Bertz CT molecular complexity index is 362. The van der Waals surface area contributed by atoms with Crippen molar-refractivity contribution in [2.75, 3.05) is 13.2 Å². The fourth-order valence-electron chi connectivity index (χ4n) is 1.81. The highest BCUT2D eigenvalue weighted by atomic mass is 28.2. The van der Waals surface area contributed by atoms with Gasteiger partial charge in [0.1, 0.15) is 0 Å². The Kier molecular flexibility index (Phi) is 8.41. The molecular weight excluding hydrogens is 256 g/mol. The van der Waals surface area contributed by atoms with Crippen LogP contribution in [0.3, 0.4) is 0 Å². The van der Waals surface area contributed by atoms with Crippen LogP contribution in [0.1, 0.15) is 25.0 Å². The van der Waals surface area contributed by atoms with Gasteiger partial charge >= 0.3 is 0 Å². The van der Waals surface area contributed by atoms with Crippen LogP contribution in [0.2, 0.25) is 6.04 Å². The predicted octanol–water partition coefficient (Wildman–Crippen LogP) is 2.75. The Morgan fingerprint density at radius 1 is 1.21 bits per heavy atom. The Morgan fingerprint density at radius 2 is 1.89 bits per heavy atom. The smallest absolute Gasteiger partial charge is 0.167 e. The second-order valence-electron chi connectivity index (χ2n) is 4.08. The average Bonchev–Trinajstić information content (AvgIpc) is 2.44. The van der Waals surface area contributed by atoms with Crippen LogP contribution < -0.4 is 0 Å². The van der Waals surface area contributed by atoms with Gasteiger partial charge in [-0.15, -0.1) is 0 Å². The molecule has 0 fully saturated rings. The summed E-state index contributed by atoms with van der Waals surface area (Å²) in [6.45, 7) is 9.78. The normalized spacial score (nSPS) is 11.5. The van der Waals surface area contributed by atoms with Gasteiger partial charge in [-0.3, -0.25) is 0 Å². The molecule has 0 saturated heterocycles. The summed E-state index contributed by atoms with van der Waals surface area (Å²) in [6.07, 6.45) is 1.76. The molecule has 0 radical (unpaired) electrons. The van der Waals surface area contributed by atoms with E-state index in [1.807, 2.05) is 32.1 Å². The summed E-state index contributed by atoms with van der Waals surface area (Å²) in [5.74, 6) is 0. The third kappa shape index (κ3) is 6.16. The molecule has 0 bridgehead atoms. The molecule has 1 aromatic carbocycles. The second kappa shape index (κ2) is 9.92. The highest BCUT2D eigenvalue weighted by Gasteiger charge is 2.08. The number of ether oxygens (including phenoxy) is 2. The first-order chi connectivity index (χ1) is 9.31. The van der Waals surface area contributed by atoms with Gasteiger partial charge in [-0.1, -0.05) is 36.9 Å². The highest BCUT2D eigenvalue weighted by Crippen LogP contribution is 2.11. The van der Waals surface area contributed by atoms with E-state index in [1.54, 1.807) is 0 Å². The van der Waals surface area contributed by atoms with Crippen LogP contribution in [-0.4, -0.2) is 29.3 Å². The molecule has 1 aromatic rings. The molecule has 4 heteroatoms. The lowest BCUT2D eigenvalue weighted by molar-refractivity contribution is -0.124. The third-order valence-corrected chi connectivity index (χ3v) is 3.94. The Hall–Kier alpha value is -0.943. The predicted molar refractivity (Wildman–Crippen MR) is 81.7 cm³/mol. The van der Waals surface area contributed by atoms with Crippen LogP contribution in [0.5, 0.6) is 0 Å². The van der Waals surface area contributed by atoms with Gasteiger partial charge in [0.25, 0.3) is 0 Å². The first-order valence-electron chi connectivity index (χ1n) is 6.83. The highest BCUT2D eigenvalue weighted by molar-refractivity contribution is 6.27. The van der Waals surface area contributed by atoms with Crippen molar-refractivity contribution in [1.82, 2.24) is 0 Å². The number of hydrogen-bond acceptors (Lipinski definition) is 3. The average molecular weight is 280 g/mol. The Morgan fingerprint density at radius 3 is 2.53 bits per heavy atom. The molecule has 0 aliphatic heterocycles. The molecule has 0 heterocycles. The first-order valence-corrected chi connectivity index (χ1v) is 8.40. The van der Waals surface area contributed by atoms with Crippen molar-refractivity contribution in [3.8, 4) is 0 Å². The number of benzene rings is 1. The zero-order valence-electron chi connectivity index (χ0n) is 11.9. The molecule has 0 aromatic heterocycles. The molecule has 19 heavy (non-hydrogen) atoms. The molecule has 0 N–H and O–H groups in total. The molecule has 0 spiro atoms. The molecule has 0 aliphatic carbocycles. The lowest BCUT2D eigenvalue weighted by Crippen LogP contribution is -2.20. The number of rotatable bonds is 10. The van der Waals surface area contributed by atoms with E-state index in [9.17, 15) is 0 Å². The van der Waals surface area contributed by atoms with Gasteiger partial charge in [0.05, 0.1) is 6.61 Å². The van der Waals surface area contributed by atoms with Gasteiger partial charge in [-0.2, -0.15) is 0 Å². The summed E-state index contributed by atoms with van der Waals surface area (Å²) in [5, 5.41) is 0. The van der Waals surface area contributed by atoms with Crippen molar-refractivity contribution in [3.05, 3.63) is 42.0 Å². The minimum Gasteiger partial charge on any atom is -0.420 e. The Balaban J connectivity index is 2.31. The van der Waals surface area contributed by atoms with Gasteiger partial charge in [-0.05, 0) is 25.0 Å². The molecule has 0 atom stereocenters. The van der Waals surface area contributed by atoms with Crippen LogP contribution in [0.15, 0.2) is 30.8 Å². The molecule has 1 rings (SSSR count). The summed E-state index contributed by atoms with van der Waals surface area (Å²) in [6, 6.07) is 9.05. The molecule has 0 saturated carbocycles. The molecule has 106 valence electrons. The van der Waals surface area contributed by atoms with Gasteiger partial charge in [0.2, 0.25) is 0 Å². The minimum atomic E-state index is -0.629. The fourth-order valence-corrected chi connectivity index (χ4v) is 2.87. The lowest BCUT2D eigenvalue weighted by Gasteiger charge is -2.16. The first kappa shape index (κ1) is 16.1. The third-order valence-electron chi connectivity index (χ3n) is 2.74. The van der Waals surface area contributed by atoms with E-state index in [-0.39, 0.29) is 6.29 Å². The minimum absolute atomic E-state index is 0.101. The van der Waals surface area contributed by atoms with E-state index in [1.165, 1.54) is 5.56 Å². The van der Waals surface area contributed by atoms with Crippen LogP contribution in [-0.2, 0) is 20.5 Å². The zero-order valence-corrected chi connectivity index (χ0v) is 13.3. The monoisotopic (exact) mass is 280 g/mol. The molecule has 3 nitrogen and oxygen atoms in total. The van der Waals surface area contributed by atoms with Crippen molar-refractivity contribution in [1.29, 1.82) is 0 Å². The summed E-state index contributed by atoms with van der Waals surface area (Å²) in [7, 11) is -0.629. The van der Waals surface area contributed by atoms with E-state index in [4.69, 9.17) is 13.9 Å². The van der Waals surface area contributed by atoms with Gasteiger partial charge in [0.15, 0.2) is 16.1 Å². The maximum Gasteiger partial charge on any atom is 0.167 e. The Labute approximate surface area is 118 Å². The van der Waals surface area contributed by atoms with Crippen LogP contribution in [0, 0.1) is 0 Å². The molecule has 0 amide bonds. The van der Waals surface area contributed by atoms with Crippen LogP contribution >= 0.6 is 0 Å². The number of hydrogen-bond donors (Lipinski definition) is 0. The zero-order chi connectivity index (χ0) is 13.9. The molecule has 0 unspecified atom stereocenters. The topological polar surface area (TPSA) is 27.7 Å². The van der Waals surface area contributed by atoms with E-state index in [0.717, 1.165) is 11.6 Å². The van der Waals surface area contributed by atoms with E-state index in [2.05, 4.69) is 18.7 Å². The quantitative estimate of drug-likeness (QED) is 0.375. The van der Waals surface area contributed by atoms with Gasteiger partial charge < -0.3 is 13.9 Å². The SMILES string of the molecule is C=Cc1ccccc1CO[SiH2]CC(OCC)OCC. The fraction of sp³-hybridized carbons (Fsp3) is 0.467. The summed E-state index contributed by atoms with van der Waals surface area (Å²) in [5.41, 5.74) is 2.33. The second-order valence-corrected chi connectivity index (χ2v) is 5.48. The molecule has 0 aliphatic rings. The maximum atomic E-state index is 5.82. The standard InChI is InChI=1S/C15H24O3Si/c1-4-13-9-7-8-10-14(13)11-18-19-12-15(16-5-2)17-6-3/h4,7-10,15H,1,5-6,11-12,19H2,2-3H3. The van der Waals surface area contributed by atoms with Gasteiger partial charge in [0, 0.05) is 19.3 Å². The maximum absolute atomic E-state index is 5.82. The van der Waals surface area contributed by atoms with E-state index in [0.29, 0.717) is 19.8 Å². The lowest BCUT2D eigenvalue weighted by atomic mass is 10.1. The summed E-state index contributed by atoms with van der Waals surface area (Å²) >= 11 is 0. The largest absolute Gasteiger partial charge is 0.420 e. The van der Waals surface area contributed by atoms with Crippen molar-refractivity contribution in [2.45, 2.75) is 32.8 Å². The van der Waals surface area contributed by atoms with Crippen molar-refractivity contribution >= 4 is 15.8 Å². The van der Waals surface area contributed by atoms with Crippen LogP contribution in [0.25, 0.3) is 6.08 Å². The van der Waals surface area contributed by atoms with Crippen LogP contribution in [0.4, 0.5) is 0 Å². The van der Waals surface area contributed by atoms with Gasteiger partial charge in [-0.25, -0.2) is 0 Å². The van der Waals surface area contributed by atoms with E-state index >= 15 is 0 Å². The summed E-state index contributed by atoms with van der Waals surface area (Å²) < 4.78 is 16.8. The van der Waals surface area contributed by atoms with E-state index < -0.39 is 9.76 Å². The van der Waals surface area contributed by atoms with Crippen molar-refractivity contribution in [3.63, 3.8) is 0 Å². The molecular formula is C15H24O3Si.